The molecular weight excluding hydrogens is 568 g/mol. The lowest BCUT2D eigenvalue weighted by molar-refractivity contribution is -0.399. The molecule has 2 rings (SSSR count). The maximum atomic E-state index is 13.7. The third-order valence-electron chi connectivity index (χ3n) is 7.67. The Bertz CT molecular complexity index is 749. The molecule has 5 unspecified atom stereocenters. The van der Waals surface area contributed by atoms with E-state index < -0.39 is 92.8 Å². The van der Waals surface area contributed by atoms with Gasteiger partial charge in [-0.15, -0.1) is 0 Å². The number of ether oxygens (including phenoxy) is 4. The van der Waals surface area contributed by atoms with Crippen LogP contribution in [0.2, 0.25) is 0 Å². The summed E-state index contributed by atoms with van der Waals surface area (Å²) in [5, 5.41) is 0. The van der Waals surface area contributed by atoms with Gasteiger partial charge in [-0.2, -0.15) is 52.7 Å². The second-order valence-corrected chi connectivity index (χ2v) is 10.3. The van der Waals surface area contributed by atoms with Gasteiger partial charge in [0.1, 0.15) is 6.79 Å². The van der Waals surface area contributed by atoms with E-state index in [1.807, 2.05) is 0 Å². The van der Waals surface area contributed by atoms with Crippen molar-refractivity contribution in [2.45, 2.75) is 94.9 Å². The Morgan fingerprint density at radius 3 is 1.69 bits per heavy atom. The summed E-state index contributed by atoms with van der Waals surface area (Å²) in [7, 11) is 0. The Labute approximate surface area is 217 Å². The maximum Gasteiger partial charge on any atom is 0.428 e. The first-order valence-electron chi connectivity index (χ1n) is 12.4. The van der Waals surface area contributed by atoms with E-state index in [4.69, 9.17) is 9.47 Å². The monoisotopic (exact) mass is 600 g/mol. The number of rotatable bonds is 13. The van der Waals surface area contributed by atoms with Crippen LogP contribution in [0.4, 0.5) is 52.7 Å². The molecule has 5 atom stereocenters. The highest BCUT2D eigenvalue weighted by molar-refractivity contribution is 4.99. The van der Waals surface area contributed by atoms with E-state index >= 15 is 0 Å². The zero-order chi connectivity index (χ0) is 30.1. The lowest BCUT2D eigenvalue weighted by atomic mass is 9.87. The van der Waals surface area contributed by atoms with Crippen molar-refractivity contribution in [1.29, 1.82) is 0 Å². The molecule has 0 radical (unpaired) electrons. The number of halogens is 12. The highest BCUT2D eigenvalue weighted by atomic mass is 19.4. The summed E-state index contributed by atoms with van der Waals surface area (Å²) < 4.78 is 181. The van der Waals surface area contributed by atoms with Gasteiger partial charge in [-0.1, -0.05) is 20.3 Å². The maximum absolute atomic E-state index is 13.7. The fraction of sp³-hybridized carbons (Fsp3) is 1.00. The van der Waals surface area contributed by atoms with Crippen LogP contribution in [0.3, 0.4) is 0 Å². The standard InChI is InChI=1S/C23H32F12O4/c1-4-13(3)9-18(20(24,25)26,21(27,28)29)39-12-37-17-8-14-6-15(16(17)7-14)10-36-11-19(38-5-2,22(30,31)32)23(33,34)35/h13-17H,4-12H2,1-3H3. The molecule has 4 nitrogen and oxygen atoms in total. The second-order valence-electron chi connectivity index (χ2n) is 10.3. The lowest BCUT2D eigenvalue weighted by Crippen LogP contribution is -2.62. The van der Waals surface area contributed by atoms with Crippen LogP contribution in [0.15, 0.2) is 0 Å². The van der Waals surface area contributed by atoms with E-state index in [2.05, 4.69) is 9.47 Å². The Morgan fingerprint density at radius 1 is 0.718 bits per heavy atom. The van der Waals surface area contributed by atoms with E-state index in [0.29, 0.717) is 12.8 Å². The molecule has 39 heavy (non-hydrogen) atoms. The molecule has 0 aromatic carbocycles. The summed E-state index contributed by atoms with van der Waals surface area (Å²) in [5.41, 5.74) is -9.02. The zero-order valence-electron chi connectivity index (χ0n) is 21.4. The van der Waals surface area contributed by atoms with E-state index in [9.17, 15) is 52.7 Å². The predicted octanol–water partition coefficient (Wildman–Crippen LogP) is 7.61. The highest BCUT2D eigenvalue weighted by Crippen LogP contribution is 2.52. The number of hydrogen-bond acceptors (Lipinski definition) is 4. The van der Waals surface area contributed by atoms with Gasteiger partial charge in [0.25, 0.3) is 11.2 Å². The average molecular weight is 600 g/mol. The molecule has 16 heteroatoms. The fourth-order valence-corrected chi connectivity index (χ4v) is 5.41. The summed E-state index contributed by atoms with van der Waals surface area (Å²) in [4.78, 5) is 0. The predicted molar refractivity (Wildman–Crippen MR) is 111 cm³/mol. The quantitative estimate of drug-likeness (QED) is 0.161. The van der Waals surface area contributed by atoms with Crippen molar-refractivity contribution < 1.29 is 71.6 Å². The summed E-state index contributed by atoms with van der Waals surface area (Å²) in [6.45, 7) is -1.08. The molecule has 0 N–H and O–H groups in total. The Balaban J connectivity index is 2.06. The summed E-state index contributed by atoms with van der Waals surface area (Å²) in [5.74, 6) is -2.30. The van der Waals surface area contributed by atoms with Gasteiger partial charge in [0.05, 0.1) is 12.7 Å². The van der Waals surface area contributed by atoms with E-state index in [0.717, 1.165) is 6.92 Å². The largest absolute Gasteiger partial charge is 0.428 e. The van der Waals surface area contributed by atoms with Gasteiger partial charge in [0, 0.05) is 13.2 Å². The minimum absolute atomic E-state index is 0.0272. The van der Waals surface area contributed by atoms with Crippen molar-refractivity contribution in [2.24, 2.45) is 23.7 Å². The molecule has 0 spiro atoms. The molecule has 232 valence electrons. The van der Waals surface area contributed by atoms with Crippen LogP contribution in [-0.4, -0.2) is 68.6 Å². The second kappa shape index (κ2) is 12.1. The third-order valence-corrected chi connectivity index (χ3v) is 7.67. The summed E-state index contributed by atoms with van der Waals surface area (Å²) >= 11 is 0. The third kappa shape index (κ3) is 7.08. The normalized spacial score (nSPS) is 25.9. The van der Waals surface area contributed by atoms with Gasteiger partial charge >= 0.3 is 24.7 Å². The molecule has 2 aliphatic rings. The van der Waals surface area contributed by atoms with Crippen LogP contribution in [0.1, 0.15) is 52.9 Å². The zero-order valence-corrected chi connectivity index (χ0v) is 21.4. The number of fused-ring (bicyclic) bond motifs is 2. The summed E-state index contributed by atoms with van der Waals surface area (Å²) in [6, 6.07) is 0. The number of alkyl halides is 12. The van der Waals surface area contributed by atoms with Gasteiger partial charge in [-0.05, 0) is 56.3 Å². The van der Waals surface area contributed by atoms with Crippen LogP contribution >= 0.6 is 0 Å². The van der Waals surface area contributed by atoms with Gasteiger partial charge in [0.2, 0.25) is 0 Å². The molecular formula is C23H32F12O4. The molecule has 2 fully saturated rings. The Morgan fingerprint density at radius 2 is 1.26 bits per heavy atom. The first-order chi connectivity index (χ1) is 17.7. The molecule has 0 aliphatic heterocycles. The topological polar surface area (TPSA) is 36.9 Å². The number of hydrogen-bond donors (Lipinski definition) is 0. The van der Waals surface area contributed by atoms with E-state index in [-0.39, 0.29) is 18.8 Å². The summed E-state index contributed by atoms with van der Waals surface area (Å²) in [6.07, 6.45) is -24.6. The molecule has 0 aromatic heterocycles. The van der Waals surface area contributed by atoms with Crippen molar-refractivity contribution in [1.82, 2.24) is 0 Å². The van der Waals surface area contributed by atoms with Gasteiger partial charge in [-0.25, -0.2) is 0 Å². The van der Waals surface area contributed by atoms with Crippen LogP contribution < -0.4 is 0 Å². The molecule has 0 amide bonds. The van der Waals surface area contributed by atoms with E-state index in [1.165, 1.54) is 13.8 Å². The van der Waals surface area contributed by atoms with Gasteiger partial charge in [-0.3, -0.25) is 0 Å². The molecule has 2 bridgehead atoms. The molecule has 0 aromatic rings. The van der Waals surface area contributed by atoms with E-state index in [1.54, 1.807) is 0 Å². The molecule has 2 aliphatic carbocycles. The van der Waals surface area contributed by atoms with Crippen LogP contribution in [0, 0.1) is 23.7 Å². The van der Waals surface area contributed by atoms with Crippen LogP contribution in [0.25, 0.3) is 0 Å². The van der Waals surface area contributed by atoms with Crippen LogP contribution in [-0.2, 0) is 18.9 Å². The molecule has 0 heterocycles. The SMILES string of the molecule is CCOC(COCC1CC2CC(OCOC(CC(C)CC)(C(F)(F)F)C(F)(F)F)C1C2)(C(F)(F)F)C(F)(F)F. The van der Waals surface area contributed by atoms with Crippen molar-refractivity contribution in [3.8, 4) is 0 Å². The van der Waals surface area contributed by atoms with Crippen molar-refractivity contribution >= 4 is 0 Å². The lowest BCUT2D eigenvalue weighted by Gasteiger charge is -2.39. The minimum atomic E-state index is -5.84. The van der Waals surface area contributed by atoms with Crippen molar-refractivity contribution in [3.63, 3.8) is 0 Å². The van der Waals surface area contributed by atoms with Gasteiger partial charge in [0.15, 0.2) is 0 Å². The minimum Gasteiger partial charge on any atom is -0.377 e. The fourth-order valence-electron chi connectivity index (χ4n) is 5.41. The van der Waals surface area contributed by atoms with Crippen molar-refractivity contribution in [3.05, 3.63) is 0 Å². The highest BCUT2D eigenvalue weighted by Gasteiger charge is 2.73. The van der Waals surface area contributed by atoms with Crippen LogP contribution in [0.5, 0.6) is 0 Å². The van der Waals surface area contributed by atoms with Gasteiger partial charge < -0.3 is 18.9 Å². The van der Waals surface area contributed by atoms with Crippen molar-refractivity contribution in [2.75, 3.05) is 26.6 Å². The molecule has 2 saturated carbocycles. The first-order valence-corrected chi connectivity index (χ1v) is 12.4. The smallest absolute Gasteiger partial charge is 0.377 e. The first kappa shape index (κ1) is 34.2. The average Bonchev–Trinajstić information content (AvgIpc) is 3.34. The Kier molecular flexibility index (Phi) is 10.6. The molecule has 0 saturated heterocycles. The Hall–Kier alpha value is -1.00.